The molecule has 0 aliphatic carbocycles. The van der Waals surface area contributed by atoms with E-state index in [0.29, 0.717) is 0 Å². The molecule has 6 heteroatoms. The number of pyridine rings is 2. The predicted octanol–water partition coefficient (Wildman–Crippen LogP) is 6.21. The molecule has 0 fully saturated rings. The highest BCUT2D eigenvalue weighted by Crippen LogP contribution is 2.35. The van der Waals surface area contributed by atoms with Crippen LogP contribution in [0.5, 0.6) is 0 Å². The van der Waals surface area contributed by atoms with Crippen LogP contribution >= 0.6 is 11.3 Å². The van der Waals surface area contributed by atoms with Crippen LogP contribution in [0.3, 0.4) is 0 Å². The standard InChI is InChI=1S/C24H17N5S/c1-14-6-8-25-13-18(14)15-4-5-20-16(11-15)23(29-28-20)21-12-17-19(27-21)7-9-26-24(17)22-3-2-10-30-22/h2-13,27H,1H3,(H,28,29). The van der Waals surface area contributed by atoms with Crippen molar-refractivity contribution in [3.05, 3.63) is 78.1 Å². The molecule has 2 N–H and O–H groups in total. The smallest absolute Gasteiger partial charge is 0.116 e. The lowest BCUT2D eigenvalue weighted by Crippen LogP contribution is -1.85. The Morgan fingerprint density at radius 3 is 2.70 bits per heavy atom. The average Bonchev–Trinajstić information content (AvgIpc) is 3.51. The van der Waals surface area contributed by atoms with Crippen LogP contribution in [0.25, 0.3) is 54.9 Å². The molecule has 0 radical (unpaired) electrons. The Bertz CT molecular complexity index is 1510. The minimum atomic E-state index is 0.904. The van der Waals surface area contributed by atoms with Gasteiger partial charge in [0.1, 0.15) is 5.69 Å². The fourth-order valence-corrected chi connectivity index (χ4v) is 4.68. The van der Waals surface area contributed by atoms with Crippen molar-refractivity contribution in [3.8, 4) is 33.1 Å². The number of benzene rings is 1. The van der Waals surface area contributed by atoms with Gasteiger partial charge >= 0.3 is 0 Å². The summed E-state index contributed by atoms with van der Waals surface area (Å²) in [6, 6.07) is 16.7. The van der Waals surface area contributed by atoms with E-state index in [4.69, 9.17) is 0 Å². The second kappa shape index (κ2) is 6.64. The molecule has 0 bridgehead atoms. The molecule has 0 spiro atoms. The molecule has 5 aromatic heterocycles. The molecule has 0 aliphatic rings. The Kier molecular flexibility index (Phi) is 3.79. The summed E-state index contributed by atoms with van der Waals surface area (Å²) in [7, 11) is 0. The van der Waals surface area contributed by atoms with E-state index < -0.39 is 0 Å². The Hall–Kier alpha value is -3.77. The topological polar surface area (TPSA) is 70.2 Å². The number of aromatic nitrogens is 5. The fourth-order valence-electron chi connectivity index (χ4n) is 3.94. The maximum atomic E-state index is 4.63. The average molecular weight is 408 g/mol. The largest absolute Gasteiger partial charge is 0.353 e. The van der Waals surface area contributed by atoms with E-state index in [1.54, 1.807) is 11.3 Å². The number of aromatic amines is 2. The second-order valence-corrected chi connectivity index (χ2v) is 8.25. The second-order valence-electron chi connectivity index (χ2n) is 7.30. The van der Waals surface area contributed by atoms with Crippen LogP contribution in [-0.2, 0) is 0 Å². The highest BCUT2D eigenvalue weighted by atomic mass is 32.1. The predicted molar refractivity (Wildman–Crippen MR) is 122 cm³/mol. The molecule has 30 heavy (non-hydrogen) atoms. The number of H-pyrrole nitrogens is 2. The van der Waals surface area contributed by atoms with E-state index in [0.717, 1.165) is 54.9 Å². The third-order valence-electron chi connectivity index (χ3n) is 5.47. The lowest BCUT2D eigenvalue weighted by Gasteiger charge is -2.05. The zero-order valence-electron chi connectivity index (χ0n) is 16.2. The zero-order valence-corrected chi connectivity index (χ0v) is 17.0. The van der Waals surface area contributed by atoms with Crippen LogP contribution in [0.4, 0.5) is 0 Å². The molecular weight excluding hydrogens is 390 g/mol. The molecule has 6 rings (SSSR count). The van der Waals surface area contributed by atoms with E-state index >= 15 is 0 Å². The summed E-state index contributed by atoms with van der Waals surface area (Å²) in [6.07, 6.45) is 5.59. The van der Waals surface area contributed by atoms with Crippen molar-refractivity contribution in [2.24, 2.45) is 0 Å². The van der Waals surface area contributed by atoms with Crippen LogP contribution in [0.1, 0.15) is 5.56 Å². The fraction of sp³-hybridized carbons (Fsp3) is 0.0417. The third kappa shape index (κ3) is 2.65. The summed E-state index contributed by atoms with van der Waals surface area (Å²) in [4.78, 5) is 13.6. The van der Waals surface area contributed by atoms with Gasteiger partial charge in [-0.15, -0.1) is 11.3 Å². The van der Waals surface area contributed by atoms with Gasteiger partial charge < -0.3 is 4.98 Å². The van der Waals surface area contributed by atoms with E-state index in [1.165, 1.54) is 5.56 Å². The number of fused-ring (bicyclic) bond motifs is 2. The van der Waals surface area contributed by atoms with Crippen molar-refractivity contribution >= 4 is 33.1 Å². The Balaban J connectivity index is 1.53. The Morgan fingerprint density at radius 2 is 1.83 bits per heavy atom. The van der Waals surface area contributed by atoms with Crippen LogP contribution in [0.2, 0.25) is 0 Å². The van der Waals surface area contributed by atoms with Crippen molar-refractivity contribution in [3.63, 3.8) is 0 Å². The van der Waals surface area contributed by atoms with Crippen LogP contribution in [0.15, 0.2) is 72.5 Å². The normalized spacial score (nSPS) is 11.5. The van der Waals surface area contributed by atoms with Gasteiger partial charge in [0.2, 0.25) is 0 Å². The molecule has 0 aliphatic heterocycles. The number of hydrogen-bond acceptors (Lipinski definition) is 4. The monoisotopic (exact) mass is 407 g/mol. The Morgan fingerprint density at radius 1 is 0.900 bits per heavy atom. The lowest BCUT2D eigenvalue weighted by molar-refractivity contribution is 1.12. The summed E-state index contributed by atoms with van der Waals surface area (Å²) in [6.45, 7) is 2.11. The van der Waals surface area contributed by atoms with Gasteiger partial charge in [-0.3, -0.25) is 15.1 Å². The molecule has 5 nitrogen and oxygen atoms in total. The number of aryl methyl sites for hydroxylation is 1. The Labute approximate surface area is 176 Å². The van der Waals surface area contributed by atoms with Crippen molar-refractivity contribution < 1.29 is 0 Å². The van der Waals surface area contributed by atoms with Gasteiger partial charge in [0.15, 0.2) is 0 Å². The van der Waals surface area contributed by atoms with Gasteiger partial charge in [0, 0.05) is 40.4 Å². The van der Waals surface area contributed by atoms with Gasteiger partial charge in [-0.25, -0.2) is 0 Å². The van der Waals surface area contributed by atoms with Crippen LogP contribution in [0, 0.1) is 6.92 Å². The molecule has 0 saturated carbocycles. The third-order valence-corrected chi connectivity index (χ3v) is 6.35. The minimum absolute atomic E-state index is 0.904. The number of rotatable bonds is 3. The molecule has 0 unspecified atom stereocenters. The minimum Gasteiger partial charge on any atom is -0.353 e. The molecule has 0 amide bonds. The number of nitrogens with one attached hydrogen (secondary N) is 2. The van der Waals surface area contributed by atoms with Gasteiger partial charge in [0.25, 0.3) is 0 Å². The molecule has 1 aromatic carbocycles. The quantitative estimate of drug-likeness (QED) is 0.367. The maximum Gasteiger partial charge on any atom is 0.116 e. The van der Waals surface area contributed by atoms with Gasteiger partial charge in [-0.1, -0.05) is 12.1 Å². The molecule has 6 aromatic rings. The van der Waals surface area contributed by atoms with E-state index in [9.17, 15) is 0 Å². The summed E-state index contributed by atoms with van der Waals surface area (Å²) in [5.74, 6) is 0. The molecule has 5 heterocycles. The summed E-state index contributed by atoms with van der Waals surface area (Å²) >= 11 is 1.70. The summed E-state index contributed by atoms with van der Waals surface area (Å²) < 4.78 is 0. The maximum absolute atomic E-state index is 4.63. The SMILES string of the molecule is Cc1ccncc1-c1ccc2[nH]nc(-c3cc4c(-c5cccs5)nccc4[nH]3)c2c1. The van der Waals surface area contributed by atoms with Gasteiger partial charge in [0.05, 0.1) is 21.8 Å². The van der Waals surface area contributed by atoms with Gasteiger partial charge in [-0.2, -0.15) is 5.10 Å². The first-order chi connectivity index (χ1) is 14.8. The molecule has 0 saturated heterocycles. The number of nitrogens with zero attached hydrogens (tertiary/aromatic N) is 3. The van der Waals surface area contributed by atoms with E-state index in [-0.39, 0.29) is 0 Å². The first-order valence-electron chi connectivity index (χ1n) is 9.69. The zero-order chi connectivity index (χ0) is 20.1. The van der Waals surface area contributed by atoms with Crippen molar-refractivity contribution in [1.29, 1.82) is 0 Å². The summed E-state index contributed by atoms with van der Waals surface area (Å²) in [5.41, 5.74) is 8.40. The van der Waals surface area contributed by atoms with E-state index in [2.05, 4.69) is 73.9 Å². The first kappa shape index (κ1) is 17.1. The van der Waals surface area contributed by atoms with E-state index in [1.807, 2.05) is 30.7 Å². The molecular formula is C24H17N5S. The number of thiophene rings is 1. The first-order valence-corrected chi connectivity index (χ1v) is 10.6. The molecule has 0 atom stereocenters. The van der Waals surface area contributed by atoms with Crippen LogP contribution in [-0.4, -0.2) is 25.1 Å². The lowest BCUT2D eigenvalue weighted by atomic mass is 10.0. The van der Waals surface area contributed by atoms with Gasteiger partial charge in [-0.05, 0) is 59.8 Å². The highest BCUT2D eigenvalue weighted by molar-refractivity contribution is 7.13. The summed E-state index contributed by atoms with van der Waals surface area (Å²) in [5, 5.41) is 12.0. The number of hydrogen-bond donors (Lipinski definition) is 2. The van der Waals surface area contributed by atoms with Crippen molar-refractivity contribution in [2.75, 3.05) is 0 Å². The molecule has 144 valence electrons. The highest BCUT2D eigenvalue weighted by Gasteiger charge is 2.15. The van der Waals surface area contributed by atoms with Crippen molar-refractivity contribution in [1.82, 2.24) is 25.1 Å². The van der Waals surface area contributed by atoms with Crippen LogP contribution < -0.4 is 0 Å². The van der Waals surface area contributed by atoms with Crippen molar-refractivity contribution in [2.45, 2.75) is 6.92 Å².